The molecular weight excluding hydrogens is 280 g/mol. The van der Waals surface area contributed by atoms with Crippen molar-refractivity contribution in [1.29, 1.82) is 0 Å². The maximum absolute atomic E-state index is 9.06. The van der Waals surface area contributed by atoms with E-state index in [1.807, 2.05) is 39.0 Å². The molecule has 0 saturated carbocycles. The minimum absolute atomic E-state index is 0.0172. The molecular formula is C18H26O4. The second-order valence-corrected chi connectivity index (χ2v) is 6.05. The van der Waals surface area contributed by atoms with Gasteiger partial charge in [-0.25, -0.2) is 0 Å². The lowest BCUT2D eigenvalue weighted by Gasteiger charge is -2.17. The molecule has 4 heteroatoms. The van der Waals surface area contributed by atoms with E-state index >= 15 is 0 Å². The van der Waals surface area contributed by atoms with Crippen LogP contribution in [0.2, 0.25) is 0 Å². The Morgan fingerprint density at radius 1 is 1.27 bits per heavy atom. The van der Waals surface area contributed by atoms with Gasteiger partial charge in [0.25, 0.3) is 0 Å². The highest BCUT2D eigenvalue weighted by atomic mass is 16.8. The molecule has 1 aliphatic rings. The molecule has 4 nitrogen and oxygen atoms in total. The highest BCUT2D eigenvalue weighted by Gasteiger charge is 2.41. The third-order valence-corrected chi connectivity index (χ3v) is 3.70. The predicted octanol–water partition coefficient (Wildman–Crippen LogP) is 3.05. The highest BCUT2D eigenvalue weighted by Crippen LogP contribution is 2.33. The van der Waals surface area contributed by atoms with Crippen LogP contribution in [0.5, 0.6) is 0 Å². The first-order chi connectivity index (χ1) is 10.5. The number of aliphatic hydroxyl groups is 1. The van der Waals surface area contributed by atoms with Crippen LogP contribution in [-0.4, -0.2) is 36.3 Å². The third-order valence-electron chi connectivity index (χ3n) is 3.70. The first-order valence-corrected chi connectivity index (χ1v) is 7.76. The molecule has 1 saturated heterocycles. The Kier molecular flexibility index (Phi) is 6.15. The number of hydrogen-bond donors (Lipinski definition) is 1. The van der Waals surface area contributed by atoms with Crippen LogP contribution < -0.4 is 0 Å². The Morgan fingerprint density at radius 3 is 2.68 bits per heavy atom. The molecule has 1 aliphatic heterocycles. The second kappa shape index (κ2) is 7.88. The fourth-order valence-electron chi connectivity index (χ4n) is 2.66. The van der Waals surface area contributed by atoms with Gasteiger partial charge in [0.2, 0.25) is 0 Å². The van der Waals surface area contributed by atoms with Gasteiger partial charge in [-0.05, 0) is 38.3 Å². The quantitative estimate of drug-likeness (QED) is 0.621. The molecule has 0 unspecified atom stereocenters. The lowest BCUT2D eigenvalue weighted by Crippen LogP contribution is -2.25. The molecule has 0 aliphatic carbocycles. The molecule has 2 rings (SSSR count). The topological polar surface area (TPSA) is 47.9 Å². The molecule has 1 aromatic carbocycles. The number of ether oxygens (including phenoxy) is 3. The minimum Gasteiger partial charge on any atom is -0.392 e. The summed E-state index contributed by atoms with van der Waals surface area (Å²) >= 11 is 0. The maximum Gasteiger partial charge on any atom is 0.164 e. The monoisotopic (exact) mass is 306 g/mol. The standard InChI is InChI=1S/C18H26O4/c1-14(9-11-19)17-16(21-18(2,3)22-17)10-12-20-13-15-7-5-4-6-8-15/h4-9,16-17,19H,10-13H2,1-3H3/b14-9+/t16-,17-/m1/s1. The summed E-state index contributed by atoms with van der Waals surface area (Å²) in [5.74, 6) is -0.598. The lowest BCUT2D eigenvalue weighted by atomic mass is 10.0. The molecule has 0 bridgehead atoms. The zero-order chi connectivity index (χ0) is 16.0. The smallest absolute Gasteiger partial charge is 0.164 e. The number of hydrogen-bond acceptors (Lipinski definition) is 4. The molecule has 122 valence electrons. The average molecular weight is 306 g/mol. The number of benzene rings is 1. The van der Waals surface area contributed by atoms with Gasteiger partial charge in [0, 0.05) is 6.61 Å². The Morgan fingerprint density at radius 2 is 2.00 bits per heavy atom. The van der Waals surface area contributed by atoms with E-state index < -0.39 is 5.79 Å². The lowest BCUT2D eigenvalue weighted by molar-refractivity contribution is -0.145. The van der Waals surface area contributed by atoms with Crippen molar-refractivity contribution in [3.63, 3.8) is 0 Å². The summed E-state index contributed by atoms with van der Waals surface area (Å²) in [4.78, 5) is 0. The summed E-state index contributed by atoms with van der Waals surface area (Å²) in [6.07, 6.45) is 2.36. The largest absolute Gasteiger partial charge is 0.392 e. The van der Waals surface area contributed by atoms with Crippen LogP contribution in [0.1, 0.15) is 32.8 Å². The zero-order valence-electron chi connectivity index (χ0n) is 13.6. The summed E-state index contributed by atoms with van der Waals surface area (Å²) < 4.78 is 17.6. The van der Waals surface area contributed by atoms with Crippen LogP contribution in [0.25, 0.3) is 0 Å². The van der Waals surface area contributed by atoms with E-state index in [0.717, 1.165) is 12.0 Å². The van der Waals surface area contributed by atoms with Crippen molar-refractivity contribution in [2.45, 2.75) is 51.8 Å². The SMILES string of the molecule is C/C(=C\CO)[C@H]1OC(C)(C)O[C@@H]1CCOCc1ccccc1. The van der Waals surface area contributed by atoms with Crippen LogP contribution in [0.4, 0.5) is 0 Å². The molecule has 2 atom stereocenters. The van der Waals surface area contributed by atoms with E-state index in [-0.39, 0.29) is 18.8 Å². The van der Waals surface area contributed by atoms with E-state index in [9.17, 15) is 0 Å². The summed E-state index contributed by atoms with van der Waals surface area (Å²) in [6, 6.07) is 10.1. The van der Waals surface area contributed by atoms with Gasteiger partial charge < -0.3 is 19.3 Å². The average Bonchev–Trinajstić information content (AvgIpc) is 2.80. The summed E-state index contributed by atoms with van der Waals surface area (Å²) in [6.45, 7) is 7.02. The van der Waals surface area contributed by atoms with Crippen molar-refractivity contribution in [3.05, 3.63) is 47.5 Å². The first-order valence-electron chi connectivity index (χ1n) is 7.76. The zero-order valence-corrected chi connectivity index (χ0v) is 13.6. The van der Waals surface area contributed by atoms with Gasteiger partial charge in [-0.15, -0.1) is 0 Å². The van der Waals surface area contributed by atoms with Crippen molar-refractivity contribution in [2.75, 3.05) is 13.2 Å². The van der Waals surface area contributed by atoms with Gasteiger partial charge in [-0.2, -0.15) is 0 Å². The van der Waals surface area contributed by atoms with Crippen molar-refractivity contribution in [2.24, 2.45) is 0 Å². The molecule has 22 heavy (non-hydrogen) atoms. The molecule has 0 amide bonds. The van der Waals surface area contributed by atoms with Gasteiger partial charge in [0.15, 0.2) is 5.79 Å². The van der Waals surface area contributed by atoms with Crippen LogP contribution in [0.15, 0.2) is 42.0 Å². The van der Waals surface area contributed by atoms with Gasteiger partial charge in [0.05, 0.1) is 19.3 Å². The van der Waals surface area contributed by atoms with Crippen molar-refractivity contribution >= 4 is 0 Å². The highest BCUT2D eigenvalue weighted by molar-refractivity contribution is 5.13. The van der Waals surface area contributed by atoms with E-state index in [1.54, 1.807) is 6.08 Å². The second-order valence-electron chi connectivity index (χ2n) is 6.05. The van der Waals surface area contributed by atoms with Gasteiger partial charge >= 0.3 is 0 Å². The van der Waals surface area contributed by atoms with Crippen LogP contribution >= 0.6 is 0 Å². The Hall–Kier alpha value is -1.20. The Labute approximate surface area is 132 Å². The van der Waals surface area contributed by atoms with Crippen LogP contribution in [0.3, 0.4) is 0 Å². The van der Waals surface area contributed by atoms with Crippen molar-refractivity contribution in [3.8, 4) is 0 Å². The van der Waals surface area contributed by atoms with E-state index in [4.69, 9.17) is 19.3 Å². The molecule has 1 heterocycles. The van der Waals surface area contributed by atoms with Crippen molar-refractivity contribution < 1.29 is 19.3 Å². The number of rotatable bonds is 7. The molecule has 1 fully saturated rings. The summed E-state index contributed by atoms with van der Waals surface area (Å²) in [7, 11) is 0. The molecule has 0 radical (unpaired) electrons. The molecule has 1 N–H and O–H groups in total. The summed E-state index contributed by atoms with van der Waals surface area (Å²) in [5.41, 5.74) is 2.17. The van der Waals surface area contributed by atoms with Gasteiger partial charge in [-0.1, -0.05) is 36.4 Å². The van der Waals surface area contributed by atoms with E-state index in [0.29, 0.717) is 13.2 Å². The third kappa shape index (κ3) is 4.92. The first kappa shape index (κ1) is 17.2. The molecule has 0 aromatic heterocycles. The van der Waals surface area contributed by atoms with Crippen LogP contribution in [0, 0.1) is 0 Å². The van der Waals surface area contributed by atoms with Crippen molar-refractivity contribution in [1.82, 2.24) is 0 Å². The predicted molar refractivity (Wildman–Crippen MR) is 85.4 cm³/mol. The maximum atomic E-state index is 9.06. The fraction of sp³-hybridized carbons (Fsp3) is 0.556. The van der Waals surface area contributed by atoms with Crippen LogP contribution in [-0.2, 0) is 20.8 Å². The minimum atomic E-state index is -0.598. The normalized spacial score (nSPS) is 24.6. The Bertz CT molecular complexity index is 481. The van der Waals surface area contributed by atoms with E-state index in [2.05, 4.69) is 12.1 Å². The Balaban J connectivity index is 1.83. The molecule has 0 spiro atoms. The molecule has 1 aromatic rings. The van der Waals surface area contributed by atoms with Gasteiger partial charge in [-0.3, -0.25) is 0 Å². The van der Waals surface area contributed by atoms with E-state index in [1.165, 1.54) is 5.56 Å². The summed E-state index contributed by atoms with van der Waals surface area (Å²) in [5, 5.41) is 9.06. The number of aliphatic hydroxyl groups excluding tert-OH is 1. The van der Waals surface area contributed by atoms with Gasteiger partial charge in [0.1, 0.15) is 6.10 Å². The fourth-order valence-corrected chi connectivity index (χ4v) is 2.66.